The quantitative estimate of drug-likeness (QED) is 0.825. The first-order chi connectivity index (χ1) is 9.72. The number of thiophene rings is 1. The van der Waals surface area contributed by atoms with Crippen LogP contribution in [0, 0.1) is 0 Å². The predicted octanol–water partition coefficient (Wildman–Crippen LogP) is 1.08. The summed E-state index contributed by atoms with van der Waals surface area (Å²) in [7, 11) is 1.90. The van der Waals surface area contributed by atoms with E-state index in [1.54, 1.807) is 6.07 Å². The van der Waals surface area contributed by atoms with Crippen LogP contribution in [0.1, 0.15) is 28.9 Å². The van der Waals surface area contributed by atoms with E-state index in [4.69, 9.17) is 0 Å². The predicted molar refractivity (Wildman–Crippen MR) is 79.9 cm³/mol. The van der Waals surface area contributed by atoms with E-state index in [2.05, 4.69) is 10.6 Å². The van der Waals surface area contributed by atoms with E-state index >= 15 is 0 Å². The Kier molecular flexibility index (Phi) is 5.55. The second-order valence-corrected chi connectivity index (χ2v) is 5.87. The molecular weight excluding hydrogens is 274 g/mol. The number of nitrogens with zero attached hydrogens (tertiary/aromatic N) is 1. The molecule has 0 aliphatic carbocycles. The van der Waals surface area contributed by atoms with Crippen LogP contribution in [-0.4, -0.2) is 49.4 Å². The van der Waals surface area contributed by atoms with Crippen molar-refractivity contribution in [1.82, 2.24) is 15.5 Å². The number of hydrogen-bond acceptors (Lipinski definition) is 4. The van der Waals surface area contributed by atoms with Crippen molar-refractivity contribution in [2.75, 3.05) is 26.7 Å². The van der Waals surface area contributed by atoms with Crippen molar-refractivity contribution in [3.8, 4) is 0 Å². The molecule has 2 N–H and O–H groups in total. The summed E-state index contributed by atoms with van der Waals surface area (Å²) in [6.45, 7) is 2.08. The van der Waals surface area contributed by atoms with Gasteiger partial charge in [0.15, 0.2) is 0 Å². The minimum atomic E-state index is -0.0963. The zero-order chi connectivity index (χ0) is 14.4. The molecule has 0 bridgehead atoms. The summed E-state index contributed by atoms with van der Waals surface area (Å²) in [6.07, 6.45) is 2.51. The first-order valence-electron chi connectivity index (χ1n) is 6.98. The summed E-state index contributed by atoms with van der Waals surface area (Å²) in [5.41, 5.74) is 0. The molecule has 1 aliphatic heterocycles. The highest BCUT2D eigenvalue weighted by atomic mass is 32.1. The maximum absolute atomic E-state index is 12.1. The number of likely N-dealkylation sites (N-methyl/N-ethyl adjacent to an activating group) is 1. The van der Waals surface area contributed by atoms with Crippen LogP contribution >= 0.6 is 11.3 Å². The zero-order valence-electron chi connectivity index (χ0n) is 11.7. The highest BCUT2D eigenvalue weighted by molar-refractivity contribution is 7.12. The summed E-state index contributed by atoms with van der Waals surface area (Å²) in [4.78, 5) is 26.5. The standard InChI is InChI=1S/C14H21N3O2S/c1-15-10-11-4-2-8-17(11)13(18)6-7-16-14(19)12-5-3-9-20-12/h3,5,9,11,15H,2,4,6-8,10H2,1H3,(H,16,19). The van der Waals surface area contributed by atoms with Crippen molar-refractivity contribution in [2.24, 2.45) is 0 Å². The van der Waals surface area contributed by atoms with Gasteiger partial charge in [0.2, 0.25) is 5.91 Å². The van der Waals surface area contributed by atoms with Crippen molar-refractivity contribution in [3.63, 3.8) is 0 Å². The van der Waals surface area contributed by atoms with E-state index < -0.39 is 0 Å². The fourth-order valence-corrected chi connectivity index (χ4v) is 3.17. The molecule has 0 saturated carbocycles. The monoisotopic (exact) mass is 295 g/mol. The molecule has 1 aliphatic rings. The molecule has 2 amide bonds. The number of rotatable bonds is 6. The van der Waals surface area contributed by atoms with Gasteiger partial charge in [0.05, 0.1) is 4.88 Å². The van der Waals surface area contributed by atoms with Crippen LogP contribution in [0.2, 0.25) is 0 Å². The van der Waals surface area contributed by atoms with Gasteiger partial charge in [0.25, 0.3) is 5.91 Å². The Morgan fingerprint density at radius 3 is 3.05 bits per heavy atom. The third kappa shape index (κ3) is 3.80. The molecule has 1 saturated heterocycles. The van der Waals surface area contributed by atoms with Gasteiger partial charge >= 0.3 is 0 Å². The molecule has 1 fully saturated rings. The number of nitrogens with one attached hydrogen (secondary N) is 2. The van der Waals surface area contributed by atoms with Gasteiger partial charge in [-0.15, -0.1) is 11.3 Å². The zero-order valence-corrected chi connectivity index (χ0v) is 12.5. The third-order valence-electron chi connectivity index (χ3n) is 3.51. The lowest BCUT2D eigenvalue weighted by Crippen LogP contribution is -2.42. The van der Waals surface area contributed by atoms with Crippen molar-refractivity contribution in [2.45, 2.75) is 25.3 Å². The van der Waals surface area contributed by atoms with Gasteiger partial charge in [-0.2, -0.15) is 0 Å². The maximum atomic E-state index is 12.1. The summed E-state index contributed by atoms with van der Waals surface area (Å²) in [5.74, 6) is 0.0372. The number of hydrogen-bond donors (Lipinski definition) is 2. The van der Waals surface area contributed by atoms with Gasteiger partial charge in [-0.1, -0.05) is 6.07 Å². The third-order valence-corrected chi connectivity index (χ3v) is 4.38. The van der Waals surface area contributed by atoms with Gasteiger partial charge < -0.3 is 15.5 Å². The molecule has 6 heteroatoms. The molecule has 110 valence electrons. The second-order valence-electron chi connectivity index (χ2n) is 4.92. The smallest absolute Gasteiger partial charge is 0.261 e. The van der Waals surface area contributed by atoms with E-state index in [1.807, 2.05) is 23.4 Å². The Morgan fingerprint density at radius 1 is 1.50 bits per heavy atom. The highest BCUT2D eigenvalue weighted by Gasteiger charge is 2.27. The van der Waals surface area contributed by atoms with E-state index in [0.29, 0.717) is 23.9 Å². The summed E-state index contributed by atoms with van der Waals surface area (Å²) in [5, 5.41) is 7.79. The Morgan fingerprint density at radius 2 is 2.35 bits per heavy atom. The minimum Gasteiger partial charge on any atom is -0.351 e. The van der Waals surface area contributed by atoms with Gasteiger partial charge in [0.1, 0.15) is 0 Å². The van der Waals surface area contributed by atoms with Crippen molar-refractivity contribution in [3.05, 3.63) is 22.4 Å². The summed E-state index contributed by atoms with van der Waals surface area (Å²) >= 11 is 1.41. The lowest BCUT2D eigenvalue weighted by molar-refractivity contribution is -0.131. The van der Waals surface area contributed by atoms with Crippen LogP contribution in [0.25, 0.3) is 0 Å². The average Bonchev–Trinajstić information content (AvgIpc) is 3.10. The van der Waals surface area contributed by atoms with Crippen molar-refractivity contribution < 1.29 is 9.59 Å². The van der Waals surface area contributed by atoms with Crippen molar-refractivity contribution in [1.29, 1.82) is 0 Å². The minimum absolute atomic E-state index is 0.0963. The molecule has 0 aromatic carbocycles. The molecule has 2 rings (SSSR count). The van der Waals surface area contributed by atoms with Gasteiger partial charge in [-0.25, -0.2) is 0 Å². The van der Waals surface area contributed by atoms with Crippen LogP contribution < -0.4 is 10.6 Å². The topological polar surface area (TPSA) is 61.4 Å². The van der Waals surface area contributed by atoms with E-state index in [0.717, 1.165) is 25.9 Å². The number of likely N-dealkylation sites (tertiary alicyclic amines) is 1. The van der Waals surface area contributed by atoms with Crippen LogP contribution in [0.5, 0.6) is 0 Å². The summed E-state index contributed by atoms with van der Waals surface area (Å²) < 4.78 is 0. The Labute approximate surface area is 123 Å². The fourth-order valence-electron chi connectivity index (χ4n) is 2.53. The van der Waals surface area contributed by atoms with E-state index in [1.165, 1.54) is 11.3 Å². The Balaban J connectivity index is 1.73. The number of carbonyl (C=O) groups is 2. The molecule has 1 aromatic rings. The van der Waals surface area contributed by atoms with Crippen LogP contribution in [0.3, 0.4) is 0 Å². The molecule has 1 unspecified atom stereocenters. The molecule has 1 atom stereocenters. The highest BCUT2D eigenvalue weighted by Crippen LogP contribution is 2.17. The number of amides is 2. The SMILES string of the molecule is CNCC1CCCN1C(=O)CCNC(=O)c1cccs1. The Bertz CT molecular complexity index is 447. The maximum Gasteiger partial charge on any atom is 0.261 e. The first kappa shape index (κ1) is 15.0. The van der Waals surface area contributed by atoms with E-state index in [-0.39, 0.29) is 11.8 Å². The number of carbonyl (C=O) groups excluding carboxylic acids is 2. The van der Waals surface area contributed by atoms with E-state index in [9.17, 15) is 9.59 Å². The van der Waals surface area contributed by atoms with Gasteiger partial charge in [-0.3, -0.25) is 9.59 Å². The largest absolute Gasteiger partial charge is 0.351 e. The van der Waals surface area contributed by atoms with Gasteiger partial charge in [-0.05, 0) is 31.3 Å². The molecule has 20 heavy (non-hydrogen) atoms. The van der Waals surface area contributed by atoms with Crippen LogP contribution in [-0.2, 0) is 4.79 Å². The Hall–Kier alpha value is -1.40. The normalized spacial score (nSPS) is 18.2. The molecule has 0 spiro atoms. The van der Waals surface area contributed by atoms with Crippen LogP contribution in [0.4, 0.5) is 0 Å². The average molecular weight is 295 g/mol. The molecule has 5 nitrogen and oxygen atoms in total. The molecule has 0 radical (unpaired) electrons. The van der Waals surface area contributed by atoms with Crippen molar-refractivity contribution >= 4 is 23.2 Å². The molecule has 1 aromatic heterocycles. The first-order valence-corrected chi connectivity index (χ1v) is 7.86. The van der Waals surface area contributed by atoms with Gasteiger partial charge in [0, 0.05) is 32.1 Å². The lowest BCUT2D eigenvalue weighted by atomic mass is 10.2. The molecule has 2 heterocycles. The lowest BCUT2D eigenvalue weighted by Gasteiger charge is -2.24. The van der Waals surface area contributed by atoms with Crippen LogP contribution in [0.15, 0.2) is 17.5 Å². The molecular formula is C14H21N3O2S. The fraction of sp³-hybridized carbons (Fsp3) is 0.571. The second kappa shape index (κ2) is 7.40. The summed E-state index contributed by atoms with van der Waals surface area (Å²) in [6, 6.07) is 3.93.